The van der Waals surface area contributed by atoms with E-state index in [1.54, 1.807) is 0 Å². The topological polar surface area (TPSA) is 137 Å². The highest BCUT2D eigenvalue weighted by Gasteiger charge is 2.14. The molecule has 0 aliphatic carbocycles. The van der Waals surface area contributed by atoms with Gasteiger partial charge in [0.15, 0.2) is 0 Å². The second-order valence-electron chi connectivity index (χ2n) is 6.72. The average molecular weight is 391 g/mol. The van der Waals surface area contributed by atoms with Crippen molar-refractivity contribution in [2.75, 3.05) is 52.4 Å². The molecular formula is C20H34N6O2. The summed E-state index contributed by atoms with van der Waals surface area (Å²) >= 11 is 0. The minimum atomic E-state index is 0. The van der Waals surface area contributed by atoms with Gasteiger partial charge < -0.3 is 32.2 Å². The van der Waals surface area contributed by atoms with E-state index in [2.05, 4.69) is 55.5 Å². The first-order valence-corrected chi connectivity index (χ1v) is 9.58. The number of nitrogens with zero attached hydrogens (tertiary/aromatic N) is 2. The molecule has 0 aromatic carbocycles. The van der Waals surface area contributed by atoms with Crippen molar-refractivity contribution >= 4 is 0 Å². The molecule has 3 heterocycles. The van der Waals surface area contributed by atoms with Gasteiger partial charge in [-0.25, -0.2) is 0 Å². The summed E-state index contributed by atoms with van der Waals surface area (Å²) in [5.41, 5.74) is 2.30. The lowest BCUT2D eigenvalue weighted by Crippen LogP contribution is -2.39. The van der Waals surface area contributed by atoms with Crippen molar-refractivity contribution in [2.45, 2.75) is 11.8 Å². The van der Waals surface area contributed by atoms with Crippen LogP contribution in [0, 0.1) is 0 Å². The molecule has 8 N–H and O–H groups in total. The molecule has 8 heteroatoms. The van der Waals surface area contributed by atoms with E-state index in [-0.39, 0.29) is 11.0 Å². The Hall–Kier alpha value is -1.94. The molecule has 0 unspecified atom stereocenters. The van der Waals surface area contributed by atoms with Crippen LogP contribution in [0.3, 0.4) is 0 Å². The van der Waals surface area contributed by atoms with Gasteiger partial charge in [0, 0.05) is 88.0 Å². The Morgan fingerprint density at radius 2 is 0.929 bits per heavy atom. The largest absolute Gasteiger partial charge is 0.412 e. The molecule has 1 saturated heterocycles. The van der Waals surface area contributed by atoms with Gasteiger partial charge in [-0.15, -0.1) is 0 Å². The molecule has 3 rings (SSSR count). The van der Waals surface area contributed by atoms with Crippen LogP contribution in [0.1, 0.15) is 23.2 Å². The highest BCUT2D eigenvalue weighted by molar-refractivity contribution is 5.11. The monoisotopic (exact) mass is 390 g/mol. The van der Waals surface area contributed by atoms with Gasteiger partial charge in [-0.3, -0.25) is 9.97 Å². The lowest BCUT2D eigenvalue weighted by Gasteiger charge is -2.21. The zero-order valence-electron chi connectivity index (χ0n) is 16.3. The minimum Gasteiger partial charge on any atom is -0.412 e. The Morgan fingerprint density at radius 1 is 0.571 bits per heavy atom. The fraction of sp³-hybridized carbons (Fsp3) is 0.500. The third-order valence-electron chi connectivity index (χ3n) is 4.73. The van der Waals surface area contributed by atoms with Crippen LogP contribution in [0.5, 0.6) is 0 Å². The number of nitrogens with one attached hydrogen (secondary N) is 4. The van der Waals surface area contributed by atoms with E-state index in [9.17, 15) is 0 Å². The Kier molecular flexibility index (Phi) is 12.1. The molecule has 0 radical (unpaired) electrons. The van der Waals surface area contributed by atoms with Crippen LogP contribution in [-0.4, -0.2) is 73.3 Å². The predicted molar refractivity (Wildman–Crippen MR) is 113 cm³/mol. The number of hydrogen-bond donors (Lipinski definition) is 4. The van der Waals surface area contributed by atoms with E-state index in [1.807, 2.05) is 24.5 Å². The predicted octanol–water partition coefficient (Wildman–Crippen LogP) is -0.933. The van der Waals surface area contributed by atoms with Crippen LogP contribution in [0.25, 0.3) is 0 Å². The SMILES string of the molecule is O.O.c1ccc(C2CNCCNCC(c3ccccn3)CNCCNC2)nc1. The van der Waals surface area contributed by atoms with Gasteiger partial charge in [0.25, 0.3) is 0 Å². The fourth-order valence-electron chi connectivity index (χ4n) is 3.26. The van der Waals surface area contributed by atoms with Gasteiger partial charge in [0.05, 0.1) is 0 Å². The summed E-state index contributed by atoms with van der Waals surface area (Å²) in [6.45, 7) is 7.53. The summed E-state index contributed by atoms with van der Waals surface area (Å²) in [7, 11) is 0. The Bertz CT molecular complexity index is 545. The maximum atomic E-state index is 4.53. The molecule has 1 aliphatic heterocycles. The molecule has 28 heavy (non-hydrogen) atoms. The van der Waals surface area contributed by atoms with Crippen molar-refractivity contribution in [2.24, 2.45) is 0 Å². The quantitative estimate of drug-likeness (QED) is 0.523. The zero-order chi connectivity index (χ0) is 17.9. The summed E-state index contributed by atoms with van der Waals surface area (Å²) < 4.78 is 0. The van der Waals surface area contributed by atoms with Crippen LogP contribution >= 0.6 is 0 Å². The summed E-state index contributed by atoms with van der Waals surface area (Å²) in [4.78, 5) is 9.06. The molecule has 0 spiro atoms. The molecule has 1 aliphatic rings. The molecule has 2 aromatic heterocycles. The Balaban J connectivity index is 0.00000196. The van der Waals surface area contributed by atoms with E-state index in [0.29, 0.717) is 11.8 Å². The lowest BCUT2D eigenvalue weighted by atomic mass is 10.0. The number of rotatable bonds is 2. The van der Waals surface area contributed by atoms with Crippen molar-refractivity contribution in [1.82, 2.24) is 31.2 Å². The first kappa shape index (κ1) is 24.1. The zero-order valence-corrected chi connectivity index (χ0v) is 16.3. The smallest absolute Gasteiger partial charge is 0.0459 e. The molecule has 0 bridgehead atoms. The molecule has 0 amide bonds. The van der Waals surface area contributed by atoms with E-state index < -0.39 is 0 Å². The third-order valence-corrected chi connectivity index (χ3v) is 4.73. The Morgan fingerprint density at radius 3 is 1.21 bits per heavy atom. The van der Waals surface area contributed by atoms with Gasteiger partial charge in [-0.1, -0.05) is 12.1 Å². The molecule has 0 saturated carbocycles. The molecule has 8 nitrogen and oxygen atoms in total. The van der Waals surface area contributed by atoms with Gasteiger partial charge in [0.1, 0.15) is 0 Å². The molecule has 156 valence electrons. The molecule has 1 fully saturated rings. The van der Waals surface area contributed by atoms with Crippen LogP contribution in [0.2, 0.25) is 0 Å². The van der Waals surface area contributed by atoms with E-state index in [0.717, 1.165) is 63.7 Å². The van der Waals surface area contributed by atoms with E-state index >= 15 is 0 Å². The highest BCUT2D eigenvalue weighted by Crippen LogP contribution is 2.12. The van der Waals surface area contributed by atoms with E-state index in [4.69, 9.17) is 0 Å². The fourth-order valence-corrected chi connectivity index (χ4v) is 3.26. The van der Waals surface area contributed by atoms with Gasteiger partial charge in [0.2, 0.25) is 0 Å². The first-order chi connectivity index (χ1) is 12.9. The minimum absolute atomic E-state index is 0. The normalized spacial score (nSPS) is 22.1. The average Bonchev–Trinajstić information content (AvgIpc) is 2.71. The second-order valence-corrected chi connectivity index (χ2v) is 6.72. The van der Waals surface area contributed by atoms with Crippen LogP contribution in [0.15, 0.2) is 48.8 Å². The summed E-state index contributed by atoms with van der Waals surface area (Å²) in [6, 6.07) is 12.3. The van der Waals surface area contributed by atoms with Gasteiger partial charge in [-0.05, 0) is 24.3 Å². The van der Waals surface area contributed by atoms with Crippen molar-refractivity contribution in [3.8, 4) is 0 Å². The number of hydrogen-bond acceptors (Lipinski definition) is 6. The van der Waals surface area contributed by atoms with Gasteiger partial charge in [-0.2, -0.15) is 0 Å². The molecule has 2 aromatic rings. The summed E-state index contributed by atoms with van der Waals surface area (Å²) in [5, 5.41) is 14.3. The van der Waals surface area contributed by atoms with Crippen LogP contribution in [-0.2, 0) is 0 Å². The van der Waals surface area contributed by atoms with Crippen LogP contribution < -0.4 is 21.3 Å². The summed E-state index contributed by atoms with van der Waals surface area (Å²) in [5.74, 6) is 0.779. The maximum Gasteiger partial charge on any atom is 0.0459 e. The third kappa shape index (κ3) is 7.97. The number of aromatic nitrogens is 2. The summed E-state index contributed by atoms with van der Waals surface area (Å²) in [6.07, 6.45) is 3.75. The van der Waals surface area contributed by atoms with Crippen molar-refractivity contribution in [3.63, 3.8) is 0 Å². The Labute approximate surface area is 167 Å². The van der Waals surface area contributed by atoms with E-state index in [1.165, 1.54) is 0 Å². The molecular weight excluding hydrogens is 356 g/mol. The van der Waals surface area contributed by atoms with Crippen molar-refractivity contribution < 1.29 is 11.0 Å². The maximum absolute atomic E-state index is 4.53. The van der Waals surface area contributed by atoms with Gasteiger partial charge >= 0.3 is 0 Å². The van der Waals surface area contributed by atoms with Crippen LogP contribution in [0.4, 0.5) is 0 Å². The second kappa shape index (κ2) is 14.1. The lowest BCUT2D eigenvalue weighted by molar-refractivity contribution is 0.474. The van der Waals surface area contributed by atoms with Crippen molar-refractivity contribution in [1.29, 1.82) is 0 Å². The molecule has 0 atom stereocenters. The van der Waals surface area contributed by atoms with Crippen molar-refractivity contribution in [3.05, 3.63) is 60.2 Å². The first-order valence-electron chi connectivity index (χ1n) is 9.58. The standard InChI is InChI=1S/C20H30N6.2H2O/c1-3-7-25-19(5-1)17-13-21-9-11-23-15-18(16-24-12-10-22-14-17)20-6-2-4-8-26-20;;/h1-8,17-18,21-24H,9-16H2;2*1H2. The number of pyridine rings is 2. The highest BCUT2D eigenvalue weighted by atomic mass is 16.0.